The van der Waals surface area contributed by atoms with Crippen molar-refractivity contribution >= 4 is 23.7 Å². The summed E-state index contributed by atoms with van der Waals surface area (Å²) in [5, 5.41) is -0.491. The van der Waals surface area contributed by atoms with Crippen molar-refractivity contribution in [1.29, 1.82) is 0 Å². The number of likely N-dealkylation sites (tertiary alicyclic amines) is 1. The van der Waals surface area contributed by atoms with Crippen LogP contribution in [0, 0.1) is 11.8 Å². The summed E-state index contributed by atoms with van der Waals surface area (Å²) in [5.74, 6) is -0.822. The monoisotopic (exact) mass is 463 g/mol. The van der Waals surface area contributed by atoms with Gasteiger partial charge >= 0.3 is 12.1 Å². The van der Waals surface area contributed by atoms with Gasteiger partial charge < -0.3 is 14.2 Å². The van der Waals surface area contributed by atoms with Gasteiger partial charge in [0, 0.05) is 25.0 Å². The molecule has 0 aromatic heterocycles. The SMILES string of the molecule is C=COC(=O)N1C[C@H](C(=C)C)[C@@H](CCOC(C)(C)C)[C@@H]1C(=O)OCC(Cl)c1ccccc1. The number of carbonyl (C=O) groups is 2. The lowest BCUT2D eigenvalue weighted by molar-refractivity contribution is -0.150. The highest BCUT2D eigenvalue weighted by Gasteiger charge is 2.49. The van der Waals surface area contributed by atoms with Gasteiger partial charge in [0.1, 0.15) is 12.6 Å². The smallest absolute Gasteiger partial charge is 0.415 e. The molecular weight excluding hydrogens is 430 g/mol. The molecule has 1 amide bonds. The van der Waals surface area contributed by atoms with Gasteiger partial charge in [-0.15, -0.1) is 11.6 Å². The van der Waals surface area contributed by atoms with Crippen LogP contribution in [-0.4, -0.2) is 48.4 Å². The Hall–Kier alpha value is -2.31. The molecule has 1 aromatic carbocycles. The Morgan fingerprint density at radius 2 is 1.94 bits per heavy atom. The van der Waals surface area contributed by atoms with Gasteiger partial charge in [0.2, 0.25) is 0 Å². The van der Waals surface area contributed by atoms with Crippen molar-refractivity contribution in [2.45, 2.75) is 51.1 Å². The molecule has 176 valence electrons. The average molecular weight is 464 g/mol. The van der Waals surface area contributed by atoms with Gasteiger partial charge in [0.15, 0.2) is 0 Å². The molecule has 1 fully saturated rings. The minimum atomic E-state index is -0.827. The van der Waals surface area contributed by atoms with E-state index in [4.69, 9.17) is 25.8 Å². The lowest BCUT2D eigenvalue weighted by atomic mass is 9.84. The minimum absolute atomic E-state index is 0.00576. The van der Waals surface area contributed by atoms with Crippen LogP contribution in [0.15, 0.2) is 55.3 Å². The fourth-order valence-electron chi connectivity index (χ4n) is 3.92. The maximum absolute atomic E-state index is 13.2. The van der Waals surface area contributed by atoms with Crippen molar-refractivity contribution in [2.75, 3.05) is 19.8 Å². The number of alkyl halides is 1. The van der Waals surface area contributed by atoms with Gasteiger partial charge in [0.25, 0.3) is 0 Å². The molecule has 6 nitrogen and oxygen atoms in total. The quantitative estimate of drug-likeness (QED) is 0.210. The average Bonchev–Trinajstić information content (AvgIpc) is 3.11. The third-order valence-corrected chi connectivity index (χ3v) is 5.84. The van der Waals surface area contributed by atoms with E-state index in [1.54, 1.807) is 0 Å². The maximum Gasteiger partial charge on any atom is 0.415 e. The Balaban J connectivity index is 2.20. The molecule has 0 bridgehead atoms. The van der Waals surface area contributed by atoms with E-state index in [-0.39, 0.29) is 24.0 Å². The first-order chi connectivity index (χ1) is 15.0. The third-order valence-electron chi connectivity index (χ3n) is 5.46. The van der Waals surface area contributed by atoms with Crippen LogP contribution in [0.4, 0.5) is 4.79 Å². The highest BCUT2D eigenvalue weighted by molar-refractivity contribution is 6.21. The minimum Gasteiger partial charge on any atom is -0.462 e. The lowest BCUT2D eigenvalue weighted by Gasteiger charge is -2.28. The summed E-state index contributed by atoms with van der Waals surface area (Å²) in [6.07, 6.45) is 0.980. The zero-order valence-electron chi connectivity index (χ0n) is 19.4. The first-order valence-electron chi connectivity index (χ1n) is 10.8. The molecule has 0 aliphatic carbocycles. The van der Waals surface area contributed by atoms with Gasteiger partial charge in [-0.2, -0.15) is 0 Å². The number of esters is 1. The summed E-state index contributed by atoms with van der Waals surface area (Å²) < 4.78 is 16.5. The van der Waals surface area contributed by atoms with Gasteiger partial charge in [-0.05, 0) is 39.7 Å². The topological polar surface area (TPSA) is 65.1 Å². The highest BCUT2D eigenvalue weighted by atomic mass is 35.5. The van der Waals surface area contributed by atoms with Crippen LogP contribution in [0.2, 0.25) is 0 Å². The van der Waals surface area contributed by atoms with Crippen LogP contribution < -0.4 is 0 Å². The third kappa shape index (κ3) is 7.10. The van der Waals surface area contributed by atoms with Gasteiger partial charge in [0.05, 0.1) is 17.2 Å². The number of rotatable bonds is 9. The number of hydrogen-bond donors (Lipinski definition) is 0. The Kier molecular flexibility index (Phi) is 9.34. The van der Waals surface area contributed by atoms with Gasteiger partial charge in [-0.3, -0.25) is 4.90 Å². The number of benzene rings is 1. The number of halogens is 1. The van der Waals surface area contributed by atoms with E-state index in [0.29, 0.717) is 19.6 Å². The molecule has 0 spiro atoms. The van der Waals surface area contributed by atoms with E-state index >= 15 is 0 Å². The largest absolute Gasteiger partial charge is 0.462 e. The molecule has 0 N–H and O–H groups in total. The van der Waals surface area contributed by atoms with E-state index in [9.17, 15) is 9.59 Å². The van der Waals surface area contributed by atoms with Crippen LogP contribution in [0.3, 0.4) is 0 Å². The molecular formula is C25H34ClNO5. The standard InChI is InChI=1S/C25H34ClNO5/c1-7-30-24(29)27-15-20(17(2)3)19(13-14-32-25(4,5)6)22(27)23(28)31-16-21(26)18-11-9-8-10-12-18/h7-12,19-22H,1-2,13-16H2,3-6H3/t19-,20-,21?,22-/m1/s1. The number of nitrogens with zero attached hydrogens (tertiary/aromatic N) is 1. The van der Waals surface area contributed by atoms with Crippen molar-refractivity contribution in [3.63, 3.8) is 0 Å². The highest BCUT2D eigenvalue weighted by Crippen LogP contribution is 2.38. The molecule has 0 saturated carbocycles. The zero-order chi connectivity index (χ0) is 23.9. The van der Waals surface area contributed by atoms with Gasteiger partial charge in [-0.1, -0.05) is 49.1 Å². The van der Waals surface area contributed by atoms with E-state index < -0.39 is 23.5 Å². The Bertz CT molecular complexity index is 804. The summed E-state index contributed by atoms with van der Waals surface area (Å²) in [5.41, 5.74) is 1.43. The predicted octanol–water partition coefficient (Wildman–Crippen LogP) is 5.49. The predicted molar refractivity (Wildman–Crippen MR) is 125 cm³/mol. The van der Waals surface area contributed by atoms with E-state index in [1.165, 1.54) is 4.90 Å². The molecule has 1 aliphatic rings. The van der Waals surface area contributed by atoms with E-state index in [2.05, 4.69) is 13.2 Å². The second-order valence-electron chi connectivity index (χ2n) is 9.02. The molecule has 1 unspecified atom stereocenters. The molecule has 2 rings (SSSR count). The second kappa shape index (κ2) is 11.5. The van der Waals surface area contributed by atoms with Crippen molar-refractivity contribution < 1.29 is 23.8 Å². The second-order valence-corrected chi connectivity index (χ2v) is 9.55. The van der Waals surface area contributed by atoms with Crippen molar-refractivity contribution in [3.05, 3.63) is 60.9 Å². The van der Waals surface area contributed by atoms with Crippen LogP contribution in [0.1, 0.15) is 45.1 Å². The van der Waals surface area contributed by atoms with Gasteiger partial charge in [-0.25, -0.2) is 9.59 Å². The zero-order valence-corrected chi connectivity index (χ0v) is 20.1. The summed E-state index contributed by atoms with van der Waals surface area (Å²) in [4.78, 5) is 27.2. The number of amides is 1. The van der Waals surface area contributed by atoms with Crippen LogP contribution in [0.5, 0.6) is 0 Å². The van der Waals surface area contributed by atoms with E-state index in [0.717, 1.165) is 17.4 Å². The molecule has 1 heterocycles. The molecule has 1 aliphatic heterocycles. The Labute approximate surface area is 196 Å². The normalized spacial score (nSPS) is 21.7. The number of ether oxygens (including phenoxy) is 3. The molecule has 1 aromatic rings. The Morgan fingerprint density at radius 1 is 1.28 bits per heavy atom. The summed E-state index contributed by atoms with van der Waals surface area (Å²) in [6, 6.07) is 8.56. The molecule has 0 radical (unpaired) electrons. The van der Waals surface area contributed by atoms with Crippen LogP contribution in [-0.2, 0) is 19.0 Å². The van der Waals surface area contributed by atoms with Crippen molar-refractivity contribution in [2.24, 2.45) is 11.8 Å². The summed E-state index contributed by atoms with van der Waals surface area (Å²) >= 11 is 6.43. The number of hydrogen-bond acceptors (Lipinski definition) is 5. The number of carbonyl (C=O) groups excluding carboxylic acids is 2. The first-order valence-corrected chi connectivity index (χ1v) is 11.2. The van der Waals surface area contributed by atoms with Crippen molar-refractivity contribution in [3.8, 4) is 0 Å². The molecule has 4 atom stereocenters. The Morgan fingerprint density at radius 3 is 2.50 bits per heavy atom. The van der Waals surface area contributed by atoms with Crippen LogP contribution >= 0.6 is 11.6 Å². The molecule has 7 heteroatoms. The first kappa shape index (κ1) is 25.9. The van der Waals surface area contributed by atoms with Crippen molar-refractivity contribution in [1.82, 2.24) is 4.90 Å². The lowest BCUT2D eigenvalue weighted by Crippen LogP contribution is -2.44. The summed E-state index contributed by atoms with van der Waals surface area (Å²) in [6.45, 7) is 16.1. The molecule has 32 heavy (non-hydrogen) atoms. The van der Waals surface area contributed by atoms with E-state index in [1.807, 2.05) is 58.0 Å². The van der Waals surface area contributed by atoms with Crippen LogP contribution in [0.25, 0.3) is 0 Å². The fraction of sp³-hybridized carbons (Fsp3) is 0.520. The fourth-order valence-corrected chi connectivity index (χ4v) is 4.13. The maximum atomic E-state index is 13.2. The summed E-state index contributed by atoms with van der Waals surface area (Å²) in [7, 11) is 0. The molecule has 1 saturated heterocycles.